The van der Waals surface area contributed by atoms with Gasteiger partial charge in [0.2, 0.25) is 0 Å². The number of aldehydes is 1. The predicted molar refractivity (Wildman–Crippen MR) is 57.7 cm³/mol. The van der Waals surface area contributed by atoms with E-state index in [1.807, 2.05) is 18.4 Å². The maximum atomic E-state index is 13.0. The van der Waals surface area contributed by atoms with Crippen LogP contribution in [-0.2, 0) is 0 Å². The Morgan fingerprint density at radius 2 is 2.13 bits per heavy atom. The van der Waals surface area contributed by atoms with Gasteiger partial charge in [-0.05, 0) is 32.0 Å². The van der Waals surface area contributed by atoms with Crippen molar-refractivity contribution >= 4 is 17.2 Å². The Morgan fingerprint density at radius 3 is 2.73 bits per heavy atom. The molecule has 0 radical (unpaired) electrons. The number of fused-ring (bicyclic) bond motifs is 1. The van der Waals surface area contributed by atoms with Crippen molar-refractivity contribution in [1.29, 1.82) is 0 Å². The molecule has 2 aromatic rings. The fourth-order valence-electron chi connectivity index (χ4n) is 1.77. The molecule has 0 aliphatic carbocycles. The molecule has 1 heterocycles. The summed E-state index contributed by atoms with van der Waals surface area (Å²) in [5, 5.41) is 0.679. The maximum Gasteiger partial charge on any atom is 0.152 e. The third-order valence-electron chi connectivity index (χ3n) is 2.51. The number of hydrogen-bond acceptors (Lipinski definition) is 1. The Balaban J connectivity index is 2.80. The second-order valence-electron chi connectivity index (χ2n) is 3.86. The highest BCUT2D eigenvalue weighted by molar-refractivity contribution is 5.97. The van der Waals surface area contributed by atoms with Crippen LogP contribution in [0, 0.1) is 5.82 Å². The van der Waals surface area contributed by atoms with Crippen LogP contribution in [0.3, 0.4) is 0 Å². The van der Waals surface area contributed by atoms with E-state index in [4.69, 9.17) is 0 Å². The molecule has 78 valence electrons. The summed E-state index contributed by atoms with van der Waals surface area (Å²) >= 11 is 0. The summed E-state index contributed by atoms with van der Waals surface area (Å²) in [6.45, 7) is 4.05. The van der Waals surface area contributed by atoms with Gasteiger partial charge in [-0.1, -0.05) is 0 Å². The molecule has 0 unspecified atom stereocenters. The minimum Gasteiger partial charge on any atom is -0.344 e. The lowest BCUT2D eigenvalue weighted by Crippen LogP contribution is -1.97. The van der Waals surface area contributed by atoms with E-state index in [1.54, 1.807) is 12.3 Å². The van der Waals surface area contributed by atoms with Crippen molar-refractivity contribution in [1.82, 2.24) is 4.57 Å². The molecular formula is C12H12FNO. The molecule has 2 rings (SSSR count). The van der Waals surface area contributed by atoms with Crippen LogP contribution in [-0.4, -0.2) is 10.9 Å². The number of rotatable bonds is 2. The van der Waals surface area contributed by atoms with Crippen molar-refractivity contribution in [2.24, 2.45) is 0 Å². The van der Waals surface area contributed by atoms with E-state index < -0.39 is 0 Å². The number of nitrogens with zero attached hydrogens (tertiary/aromatic N) is 1. The lowest BCUT2D eigenvalue weighted by atomic mass is 10.2. The molecule has 0 amide bonds. The Labute approximate surface area is 87.3 Å². The van der Waals surface area contributed by atoms with Crippen LogP contribution in [0.25, 0.3) is 10.9 Å². The minimum absolute atomic E-state index is 0.256. The van der Waals surface area contributed by atoms with Gasteiger partial charge in [0.1, 0.15) is 5.82 Å². The van der Waals surface area contributed by atoms with Crippen molar-refractivity contribution in [2.75, 3.05) is 0 Å². The predicted octanol–water partition coefficient (Wildman–Crippen LogP) is 3.17. The van der Waals surface area contributed by atoms with Gasteiger partial charge >= 0.3 is 0 Å². The summed E-state index contributed by atoms with van der Waals surface area (Å²) < 4.78 is 15.0. The Kier molecular flexibility index (Phi) is 2.31. The lowest BCUT2D eigenvalue weighted by Gasteiger charge is -2.08. The number of aromatic nitrogens is 1. The molecule has 0 aliphatic heterocycles. The highest BCUT2D eigenvalue weighted by atomic mass is 19.1. The SMILES string of the molecule is CC(C)n1cc(C=O)c2cc(F)ccc21. The number of carbonyl (C=O) groups is 1. The van der Waals surface area contributed by atoms with E-state index in [-0.39, 0.29) is 11.9 Å². The zero-order valence-corrected chi connectivity index (χ0v) is 8.70. The zero-order valence-electron chi connectivity index (χ0n) is 8.70. The molecule has 1 aromatic heterocycles. The average molecular weight is 205 g/mol. The molecule has 0 bridgehead atoms. The summed E-state index contributed by atoms with van der Waals surface area (Å²) in [7, 11) is 0. The van der Waals surface area contributed by atoms with Crippen LogP contribution in [0.2, 0.25) is 0 Å². The van der Waals surface area contributed by atoms with Crippen LogP contribution in [0.5, 0.6) is 0 Å². The average Bonchev–Trinajstić information content (AvgIpc) is 2.55. The first-order valence-corrected chi connectivity index (χ1v) is 4.88. The monoisotopic (exact) mass is 205 g/mol. The molecule has 0 spiro atoms. The normalized spacial score (nSPS) is 11.2. The highest BCUT2D eigenvalue weighted by Gasteiger charge is 2.10. The first kappa shape index (κ1) is 9.90. The molecule has 0 aliphatic rings. The van der Waals surface area contributed by atoms with E-state index in [0.717, 1.165) is 11.8 Å². The van der Waals surface area contributed by atoms with E-state index >= 15 is 0 Å². The number of halogens is 1. The standard InChI is InChI=1S/C12H12FNO/c1-8(2)14-6-9(7-15)11-5-10(13)3-4-12(11)14/h3-8H,1-2H3. The third-order valence-corrected chi connectivity index (χ3v) is 2.51. The van der Waals surface area contributed by atoms with Gasteiger partial charge in [-0.3, -0.25) is 4.79 Å². The van der Waals surface area contributed by atoms with Crippen LogP contribution in [0.4, 0.5) is 4.39 Å². The van der Waals surface area contributed by atoms with Crippen molar-refractivity contribution < 1.29 is 9.18 Å². The van der Waals surface area contributed by atoms with Gasteiger partial charge in [0.15, 0.2) is 6.29 Å². The van der Waals surface area contributed by atoms with Gasteiger partial charge in [-0.2, -0.15) is 0 Å². The zero-order chi connectivity index (χ0) is 11.0. The second kappa shape index (κ2) is 3.50. The fourth-order valence-corrected chi connectivity index (χ4v) is 1.77. The van der Waals surface area contributed by atoms with E-state index in [0.29, 0.717) is 10.9 Å². The van der Waals surface area contributed by atoms with Gasteiger partial charge in [-0.15, -0.1) is 0 Å². The van der Waals surface area contributed by atoms with Crippen molar-refractivity contribution in [2.45, 2.75) is 19.9 Å². The summed E-state index contributed by atoms with van der Waals surface area (Å²) in [5.74, 6) is -0.313. The van der Waals surface area contributed by atoms with E-state index in [9.17, 15) is 9.18 Å². The summed E-state index contributed by atoms with van der Waals surface area (Å²) in [4.78, 5) is 10.8. The topological polar surface area (TPSA) is 22.0 Å². The van der Waals surface area contributed by atoms with Crippen molar-refractivity contribution in [3.05, 3.63) is 35.8 Å². The van der Waals surface area contributed by atoms with E-state index in [2.05, 4.69) is 0 Å². The lowest BCUT2D eigenvalue weighted by molar-refractivity contribution is 0.112. The minimum atomic E-state index is -0.313. The van der Waals surface area contributed by atoms with Crippen molar-refractivity contribution in [3.8, 4) is 0 Å². The van der Waals surface area contributed by atoms with Gasteiger partial charge < -0.3 is 4.57 Å². The smallest absolute Gasteiger partial charge is 0.152 e. The number of benzene rings is 1. The summed E-state index contributed by atoms with van der Waals surface area (Å²) in [5.41, 5.74) is 1.44. The molecule has 0 saturated carbocycles. The third kappa shape index (κ3) is 1.54. The maximum absolute atomic E-state index is 13.0. The van der Waals surface area contributed by atoms with E-state index in [1.165, 1.54) is 12.1 Å². The summed E-state index contributed by atoms with van der Waals surface area (Å²) in [6, 6.07) is 4.78. The molecule has 2 nitrogen and oxygen atoms in total. The molecule has 0 saturated heterocycles. The largest absolute Gasteiger partial charge is 0.344 e. The van der Waals surface area contributed by atoms with Crippen LogP contribution in [0.1, 0.15) is 30.2 Å². The molecular weight excluding hydrogens is 193 g/mol. The molecule has 0 N–H and O–H groups in total. The quantitative estimate of drug-likeness (QED) is 0.690. The highest BCUT2D eigenvalue weighted by Crippen LogP contribution is 2.24. The Hall–Kier alpha value is -1.64. The second-order valence-corrected chi connectivity index (χ2v) is 3.86. The summed E-state index contributed by atoms with van der Waals surface area (Å²) in [6.07, 6.45) is 2.53. The number of carbonyl (C=O) groups excluding carboxylic acids is 1. The molecule has 3 heteroatoms. The van der Waals surface area contributed by atoms with Crippen molar-refractivity contribution in [3.63, 3.8) is 0 Å². The number of hydrogen-bond donors (Lipinski definition) is 0. The Bertz CT molecular complexity index is 514. The van der Waals surface area contributed by atoms with Gasteiger partial charge in [-0.25, -0.2) is 4.39 Å². The molecule has 1 aromatic carbocycles. The Morgan fingerprint density at radius 1 is 1.40 bits per heavy atom. The van der Waals surface area contributed by atoms with Crippen LogP contribution < -0.4 is 0 Å². The van der Waals surface area contributed by atoms with Crippen LogP contribution in [0.15, 0.2) is 24.4 Å². The fraction of sp³-hybridized carbons (Fsp3) is 0.250. The van der Waals surface area contributed by atoms with Gasteiger partial charge in [0, 0.05) is 28.7 Å². The molecule has 15 heavy (non-hydrogen) atoms. The molecule has 0 atom stereocenters. The molecule has 0 fully saturated rings. The van der Waals surface area contributed by atoms with Crippen LogP contribution >= 0.6 is 0 Å². The van der Waals surface area contributed by atoms with Gasteiger partial charge in [0.25, 0.3) is 0 Å². The first-order valence-electron chi connectivity index (χ1n) is 4.88. The first-order chi connectivity index (χ1) is 7.13. The van der Waals surface area contributed by atoms with Gasteiger partial charge in [0.05, 0.1) is 0 Å².